The van der Waals surface area contributed by atoms with Crippen LogP contribution in [0.15, 0.2) is 24.3 Å². The summed E-state index contributed by atoms with van der Waals surface area (Å²) >= 11 is 0. The Hall–Kier alpha value is 0.263. The Labute approximate surface area is 81.9 Å². The molecule has 0 fully saturated rings. The number of rotatable bonds is 0. The van der Waals surface area contributed by atoms with E-state index < -0.39 is 0 Å². The van der Waals surface area contributed by atoms with E-state index in [2.05, 4.69) is 30.7 Å². The van der Waals surface area contributed by atoms with Crippen molar-refractivity contribution in [3.05, 3.63) is 30.7 Å². The molecule has 0 bridgehead atoms. The normalized spacial score (nSPS) is 15.2. The summed E-state index contributed by atoms with van der Waals surface area (Å²) in [6.45, 7) is 0. The summed E-state index contributed by atoms with van der Waals surface area (Å²) in [5.74, 6) is 0. The molecule has 0 aromatic rings. The molecule has 0 amide bonds. The van der Waals surface area contributed by atoms with Gasteiger partial charge in [0.15, 0.2) is 0 Å². The summed E-state index contributed by atoms with van der Waals surface area (Å²) in [4.78, 5) is 0. The van der Waals surface area contributed by atoms with Crippen LogP contribution in [-0.4, -0.2) is 0 Å². The maximum absolute atomic E-state index is 2.21. The fourth-order valence-corrected chi connectivity index (χ4v) is 0.767. The summed E-state index contributed by atoms with van der Waals surface area (Å²) in [6, 6.07) is 0. The van der Waals surface area contributed by atoms with E-state index in [-0.39, 0.29) is 31.9 Å². The van der Waals surface area contributed by atoms with Crippen molar-refractivity contribution in [1.29, 1.82) is 0 Å². The molecule has 0 aromatic carbocycles. The van der Waals surface area contributed by atoms with E-state index in [9.17, 15) is 0 Å². The summed E-state index contributed by atoms with van der Waals surface area (Å²) in [6.07, 6.45) is 14.5. The van der Waals surface area contributed by atoms with Crippen molar-refractivity contribution in [2.45, 2.75) is 19.3 Å². The summed E-state index contributed by atoms with van der Waals surface area (Å²) in [5, 5.41) is 0. The van der Waals surface area contributed by atoms with E-state index in [0.29, 0.717) is 0 Å². The molecule has 0 spiro atoms. The van der Waals surface area contributed by atoms with Gasteiger partial charge in [-0.05, 0) is 6.42 Å². The Morgan fingerprint density at radius 3 is 2.80 bits per heavy atom. The minimum Gasteiger partial charge on any atom is -0.230 e. The van der Waals surface area contributed by atoms with Crippen molar-refractivity contribution in [3.8, 4) is 0 Å². The molecule has 1 rings (SSSR count). The molecule has 1 aliphatic rings. The third-order valence-electron chi connectivity index (χ3n) is 1.24. The molecule has 0 saturated heterocycles. The van der Waals surface area contributed by atoms with E-state index in [1.54, 1.807) is 0 Å². The van der Waals surface area contributed by atoms with Crippen LogP contribution >= 0.6 is 12.4 Å². The number of allylic oxidation sites excluding steroid dienone is 4. The summed E-state index contributed by atoms with van der Waals surface area (Å²) in [5.41, 5.74) is 0. The van der Waals surface area contributed by atoms with Crippen LogP contribution in [0.25, 0.3) is 0 Å². The number of hydrogen-bond donors (Lipinski definition) is 0. The minimum atomic E-state index is 0. The molecule has 1 aliphatic carbocycles. The molecular formula is C8H12ClRh-. The van der Waals surface area contributed by atoms with Crippen molar-refractivity contribution >= 4 is 12.4 Å². The smallest absolute Gasteiger partial charge is 0 e. The van der Waals surface area contributed by atoms with E-state index in [1.165, 1.54) is 19.3 Å². The monoisotopic (exact) mass is 246 g/mol. The number of hydrogen-bond acceptors (Lipinski definition) is 0. The zero-order valence-corrected chi connectivity index (χ0v) is 8.20. The van der Waals surface area contributed by atoms with E-state index in [1.807, 2.05) is 0 Å². The first kappa shape index (κ1) is 12.9. The summed E-state index contributed by atoms with van der Waals surface area (Å²) < 4.78 is 0. The van der Waals surface area contributed by atoms with Crippen molar-refractivity contribution in [1.82, 2.24) is 0 Å². The quantitative estimate of drug-likeness (QED) is 0.455. The first-order chi connectivity index (χ1) is 4.00. The maximum Gasteiger partial charge on any atom is 0 e. The zero-order valence-electron chi connectivity index (χ0n) is 5.75. The Morgan fingerprint density at radius 1 is 1.20 bits per heavy atom. The zero-order chi connectivity index (χ0) is 5.66. The van der Waals surface area contributed by atoms with Crippen molar-refractivity contribution in [3.63, 3.8) is 0 Å². The Balaban J connectivity index is 0. The van der Waals surface area contributed by atoms with Gasteiger partial charge in [0.2, 0.25) is 0 Å². The van der Waals surface area contributed by atoms with Gasteiger partial charge in [0.1, 0.15) is 0 Å². The first-order valence-electron chi connectivity index (χ1n) is 3.15. The minimum absolute atomic E-state index is 0. The van der Waals surface area contributed by atoms with Crippen LogP contribution < -0.4 is 0 Å². The topological polar surface area (TPSA) is 0 Å². The maximum atomic E-state index is 2.21. The molecule has 0 unspecified atom stereocenters. The van der Waals surface area contributed by atoms with Gasteiger partial charge in [-0.2, -0.15) is 0 Å². The predicted octanol–water partition coefficient (Wildman–Crippen LogP) is 2.91. The second-order valence-corrected chi connectivity index (χ2v) is 1.98. The van der Waals surface area contributed by atoms with Crippen LogP contribution in [0.4, 0.5) is 0 Å². The predicted molar refractivity (Wildman–Crippen MR) is 43.7 cm³/mol. The van der Waals surface area contributed by atoms with Gasteiger partial charge in [0.05, 0.1) is 0 Å². The average molecular weight is 247 g/mol. The Bertz CT molecular complexity index is 93.8. The van der Waals surface area contributed by atoms with Gasteiger partial charge in [0, 0.05) is 19.5 Å². The Kier molecular flexibility index (Phi) is 11.9. The van der Waals surface area contributed by atoms with Crippen molar-refractivity contribution < 1.29 is 19.5 Å². The molecule has 10 heavy (non-hydrogen) atoms. The second-order valence-electron chi connectivity index (χ2n) is 1.98. The van der Waals surface area contributed by atoms with Crippen molar-refractivity contribution in [2.75, 3.05) is 0 Å². The average Bonchev–Trinajstić information content (AvgIpc) is 1.62. The van der Waals surface area contributed by atoms with Gasteiger partial charge in [-0.25, -0.2) is 18.6 Å². The molecule has 0 atom stereocenters. The van der Waals surface area contributed by atoms with Gasteiger partial charge in [0.25, 0.3) is 0 Å². The SMILES string of the molecule is C1=C[CH-]CCCC=C1.Cl.[Rh]. The molecule has 0 aliphatic heterocycles. The van der Waals surface area contributed by atoms with E-state index >= 15 is 0 Å². The fraction of sp³-hybridized carbons (Fsp3) is 0.375. The summed E-state index contributed by atoms with van der Waals surface area (Å²) in [7, 11) is 0. The first-order valence-corrected chi connectivity index (χ1v) is 3.15. The van der Waals surface area contributed by atoms with Crippen LogP contribution in [0.1, 0.15) is 19.3 Å². The van der Waals surface area contributed by atoms with Gasteiger partial charge in [-0.15, -0.1) is 31.0 Å². The standard InChI is InChI=1S/C8H11.ClH.Rh/c1-2-4-6-8-7-5-3-1;;/h1-5H,6-8H2;1H;/q-1;;. The molecule has 0 nitrogen and oxygen atoms in total. The van der Waals surface area contributed by atoms with Gasteiger partial charge < -0.3 is 0 Å². The molecule has 0 heterocycles. The van der Waals surface area contributed by atoms with Crippen LogP contribution in [0.5, 0.6) is 0 Å². The molecule has 61 valence electrons. The second kappa shape index (κ2) is 9.26. The van der Waals surface area contributed by atoms with Crippen LogP contribution in [-0.2, 0) is 19.5 Å². The van der Waals surface area contributed by atoms with E-state index in [4.69, 9.17) is 0 Å². The van der Waals surface area contributed by atoms with Crippen molar-refractivity contribution in [2.24, 2.45) is 0 Å². The van der Waals surface area contributed by atoms with Crippen LogP contribution in [0.2, 0.25) is 0 Å². The van der Waals surface area contributed by atoms with Crippen LogP contribution in [0, 0.1) is 6.42 Å². The number of halogens is 1. The van der Waals surface area contributed by atoms with Gasteiger partial charge >= 0.3 is 0 Å². The molecule has 0 aromatic heterocycles. The van der Waals surface area contributed by atoms with Crippen LogP contribution in [0.3, 0.4) is 0 Å². The third-order valence-corrected chi connectivity index (χ3v) is 1.24. The molecule has 0 saturated carbocycles. The largest absolute Gasteiger partial charge is 0.230 e. The fourth-order valence-electron chi connectivity index (χ4n) is 0.767. The molecule has 1 radical (unpaired) electrons. The molecule has 2 heteroatoms. The third kappa shape index (κ3) is 6.38. The van der Waals surface area contributed by atoms with Gasteiger partial charge in [-0.1, -0.05) is 6.42 Å². The van der Waals surface area contributed by atoms with E-state index in [0.717, 1.165) is 0 Å². The Morgan fingerprint density at radius 2 is 2.00 bits per heavy atom. The van der Waals surface area contributed by atoms with Gasteiger partial charge in [-0.3, -0.25) is 0 Å². The molecular weight excluding hydrogens is 234 g/mol. The molecule has 0 N–H and O–H groups in total.